The van der Waals surface area contributed by atoms with Gasteiger partial charge in [-0.25, -0.2) is 0 Å². The van der Waals surface area contributed by atoms with Crippen LogP contribution in [0.25, 0.3) is 0 Å². The molecule has 1 saturated carbocycles. The second-order valence-electron chi connectivity index (χ2n) is 9.40. The van der Waals surface area contributed by atoms with Crippen molar-refractivity contribution < 1.29 is 19.4 Å². The molecule has 3 fully saturated rings. The number of rotatable bonds is 5. The summed E-state index contributed by atoms with van der Waals surface area (Å²) in [4.78, 5) is 25.9. The lowest BCUT2D eigenvalue weighted by atomic mass is 9.73. The van der Waals surface area contributed by atoms with Crippen LogP contribution in [0.3, 0.4) is 0 Å². The van der Waals surface area contributed by atoms with E-state index in [-0.39, 0.29) is 17.7 Å². The van der Waals surface area contributed by atoms with E-state index in [1.54, 1.807) is 0 Å². The van der Waals surface area contributed by atoms with Gasteiger partial charge in [0.15, 0.2) is 0 Å². The number of hydrogen-bond acceptors (Lipinski definition) is 5. The maximum Gasteiger partial charge on any atom is 0.223 e. The number of nitrogens with zero attached hydrogens (tertiary/aromatic N) is 1. The smallest absolute Gasteiger partial charge is 0.223 e. The monoisotopic (exact) mass is 415 g/mol. The predicted molar refractivity (Wildman–Crippen MR) is 114 cm³/mol. The molecule has 2 heterocycles. The molecule has 2 amide bonds. The number of amides is 2. The van der Waals surface area contributed by atoms with Crippen LogP contribution in [0.2, 0.25) is 0 Å². The third-order valence-corrected chi connectivity index (χ3v) is 6.85. The maximum atomic E-state index is 12.3. The quantitative estimate of drug-likeness (QED) is 0.685. The van der Waals surface area contributed by atoms with Crippen LogP contribution in [0, 0.1) is 5.92 Å². The fraction of sp³-hybridized carbons (Fsp3) is 0.652. The van der Waals surface area contributed by atoms with Gasteiger partial charge in [-0.1, -0.05) is 12.1 Å². The summed E-state index contributed by atoms with van der Waals surface area (Å²) in [7, 11) is 0. The third kappa shape index (κ3) is 4.53. The lowest BCUT2D eigenvalue weighted by Gasteiger charge is -2.53. The number of carbonyl (C=O) groups is 2. The van der Waals surface area contributed by atoms with E-state index in [0.29, 0.717) is 13.0 Å². The van der Waals surface area contributed by atoms with Crippen molar-refractivity contribution in [1.29, 1.82) is 0 Å². The lowest BCUT2D eigenvalue weighted by Crippen LogP contribution is -2.69. The van der Waals surface area contributed by atoms with Crippen molar-refractivity contribution in [3.8, 4) is 0 Å². The Kier molecular flexibility index (Phi) is 5.88. The van der Waals surface area contributed by atoms with Crippen LogP contribution >= 0.6 is 0 Å². The van der Waals surface area contributed by atoms with E-state index in [1.165, 1.54) is 12.5 Å². The van der Waals surface area contributed by atoms with Gasteiger partial charge in [0.2, 0.25) is 11.8 Å². The molecule has 4 rings (SSSR count). The molecule has 0 aromatic heterocycles. The third-order valence-electron chi connectivity index (χ3n) is 6.85. The molecule has 0 unspecified atom stereocenters. The highest BCUT2D eigenvalue weighted by molar-refractivity contribution is 5.88. The molecule has 0 bridgehead atoms. The Morgan fingerprint density at radius 1 is 1.17 bits per heavy atom. The fourth-order valence-corrected chi connectivity index (χ4v) is 4.78. The highest BCUT2D eigenvalue weighted by Crippen LogP contribution is 2.41. The molecule has 164 valence electrons. The second-order valence-corrected chi connectivity index (χ2v) is 9.40. The van der Waals surface area contributed by atoms with Crippen LogP contribution in [-0.4, -0.2) is 58.8 Å². The van der Waals surface area contributed by atoms with Gasteiger partial charge in [-0.15, -0.1) is 0 Å². The zero-order valence-electron chi connectivity index (χ0n) is 17.9. The van der Waals surface area contributed by atoms with Crippen LogP contribution in [-0.2, 0) is 20.9 Å². The number of piperidine rings is 1. The minimum atomic E-state index is -0.708. The average molecular weight is 416 g/mol. The standard InChI is InChI=1S/C23H33N3O4/c1-16(27)24-19-7-3-17(4-8-19)15-26-12-9-23(10-13-26)21(29)22(2,11-14-30-23)25-20(28)18-5-6-18/h3-4,7-8,18,21,29H,5-6,9-15H2,1-2H3,(H,24,27)(H,25,28)/t21-,22+/m0/s1. The number of aliphatic hydroxyl groups is 1. The predicted octanol–water partition coefficient (Wildman–Crippen LogP) is 2.05. The zero-order chi connectivity index (χ0) is 21.4. The molecule has 30 heavy (non-hydrogen) atoms. The first-order valence-corrected chi connectivity index (χ1v) is 11.0. The topological polar surface area (TPSA) is 90.9 Å². The molecule has 3 aliphatic rings. The van der Waals surface area contributed by atoms with Gasteiger partial charge >= 0.3 is 0 Å². The van der Waals surface area contributed by atoms with E-state index >= 15 is 0 Å². The van der Waals surface area contributed by atoms with Crippen LogP contribution in [0.5, 0.6) is 0 Å². The SMILES string of the molecule is CC(=O)Nc1ccc(CN2CCC3(CC2)OCC[C@@](C)(NC(=O)C2CC2)[C@@H]3O)cc1. The molecule has 2 saturated heterocycles. The second kappa shape index (κ2) is 8.29. The molecule has 0 radical (unpaired) electrons. The number of carbonyl (C=O) groups excluding carboxylic acids is 2. The molecule has 7 heteroatoms. The molecule has 1 aromatic carbocycles. The number of likely N-dealkylation sites (tertiary alicyclic amines) is 1. The molecule has 3 N–H and O–H groups in total. The summed E-state index contributed by atoms with van der Waals surface area (Å²) in [5.74, 6) is 0.135. The van der Waals surface area contributed by atoms with Gasteiger partial charge in [-0.05, 0) is 56.7 Å². The molecule has 1 aromatic rings. The summed E-state index contributed by atoms with van der Waals surface area (Å²) in [6.07, 6.45) is 3.33. The first kappa shape index (κ1) is 21.3. The average Bonchev–Trinajstić information content (AvgIpc) is 3.55. The van der Waals surface area contributed by atoms with Gasteiger partial charge in [0.25, 0.3) is 0 Å². The largest absolute Gasteiger partial charge is 0.388 e. The van der Waals surface area contributed by atoms with Crippen LogP contribution < -0.4 is 10.6 Å². The molecule has 2 aliphatic heterocycles. The Balaban J connectivity index is 1.34. The van der Waals surface area contributed by atoms with E-state index in [0.717, 1.165) is 51.0 Å². The van der Waals surface area contributed by atoms with Crippen LogP contribution in [0.1, 0.15) is 51.5 Å². The Morgan fingerprint density at radius 2 is 1.83 bits per heavy atom. The summed E-state index contributed by atoms with van der Waals surface area (Å²) >= 11 is 0. The molecule has 7 nitrogen and oxygen atoms in total. The van der Waals surface area contributed by atoms with Crippen molar-refractivity contribution in [3.05, 3.63) is 29.8 Å². The number of ether oxygens (including phenoxy) is 1. The Hall–Kier alpha value is -1.96. The van der Waals surface area contributed by atoms with Gasteiger partial charge in [0.1, 0.15) is 6.10 Å². The minimum Gasteiger partial charge on any atom is -0.388 e. The van der Waals surface area contributed by atoms with Crippen molar-refractivity contribution in [2.75, 3.05) is 25.0 Å². The van der Waals surface area contributed by atoms with Gasteiger partial charge in [0.05, 0.1) is 11.1 Å². The highest BCUT2D eigenvalue weighted by Gasteiger charge is 2.54. The molecular formula is C23H33N3O4. The summed E-state index contributed by atoms with van der Waals surface area (Å²) in [5, 5.41) is 17.2. The molecule has 1 aliphatic carbocycles. The van der Waals surface area contributed by atoms with Crippen molar-refractivity contribution in [2.24, 2.45) is 5.92 Å². The van der Waals surface area contributed by atoms with Gasteiger partial charge in [-0.3, -0.25) is 14.5 Å². The Bertz CT molecular complexity index is 784. The minimum absolute atomic E-state index is 0.0737. The van der Waals surface area contributed by atoms with E-state index < -0.39 is 17.2 Å². The molecule has 2 atom stereocenters. The number of hydrogen-bond donors (Lipinski definition) is 3. The number of aliphatic hydroxyl groups excluding tert-OH is 1. The zero-order valence-corrected chi connectivity index (χ0v) is 17.9. The molecular weight excluding hydrogens is 382 g/mol. The number of nitrogens with one attached hydrogen (secondary N) is 2. The normalized spacial score (nSPS) is 28.8. The van der Waals surface area contributed by atoms with Crippen molar-refractivity contribution >= 4 is 17.5 Å². The van der Waals surface area contributed by atoms with Crippen molar-refractivity contribution in [1.82, 2.24) is 10.2 Å². The van der Waals surface area contributed by atoms with Gasteiger partial charge in [0, 0.05) is 44.8 Å². The van der Waals surface area contributed by atoms with Crippen LogP contribution in [0.15, 0.2) is 24.3 Å². The summed E-state index contributed by atoms with van der Waals surface area (Å²) in [6.45, 7) is 6.51. The van der Waals surface area contributed by atoms with Crippen molar-refractivity contribution in [2.45, 2.75) is 69.7 Å². The van der Waals surface area contributed by atoms with E-state index in [2.05, 4.69) is 15.5 Å². The first-order chi connectivity index (χ1) is 14.3. The van der Waals surface area contributed by atoms with Crippen LogP contribution in [0.4, 0.5) is 5.69 Å². The lowest BCUT2D eigenvalue weighted by molar-refractivity contribution is -0.208. The Labute approximate surface area is 178 Å². The van der Waals surface area contributed by atoms with Gasteiger partial charge < -0.3 is 20.5 Å². The van der Waals surface area contributed by atoms with E-state index in [1.807, 2.05) is 31.2 Å². The van der Waals surface area contributed by atoms with E-state index in [9.17, 15) is 14.7 Å². The number of benzene rings is 1. The maximum absolute atomic E-state index is 12.3. The first-order valence-electron chi connectivity index (χ1n) is 11.0. The van der Waals surface area contributed by atoms with Crippen molar-refractivity contribution in [3.63, 3.8) is 0 Å². The van der Waals surface area contributed by atoms with E-state index in [4.69, 9.17) is 4.74 Å². The number of anilines is 1. The van der Waals surface area contributed by atoms with Gasteiger partial charge in [-0.2, -0.15) is 0 Å². The summed E-state index contributed by atoms with van der Waals surface area (Å²) < 4.78 is 6.15. The molecule has 1 spiro atoms. The summed E-state index contributed by atoms with van der Waals surface area (Å²) in [6, 6.07) is 7.91. The highest BCUT2D eigenvalue weighted by atomic mass is 16.5. The fourth-order valence-electron chi connectivity index (χ4n) is 4.78. The Morgan fingerprint density at radius 3 is 2.43 bits per heavy atom. The summed E-state index contributed by atoms with van der Waals surface area (Å²) in [5.41, 5.74) is 0.775.